The molecule has 16 nitrogen and oxygen atoms in total. The lowest BCUT2D eigenvalue weighted by atomic mass is 9.65. The van der Waals surface area contributed by atoms with E-state index in [4.69, 9.17) is 15.2 Å². The maximum atomic E-state index is 16.0. The van der Waals surface area contributed by atoms with Gasteiger partial charge in [0.25, 0.3) is 5.69 Å². The second-order valence-electron chi connectivity index (χ2n) is 16.1. The molecule has 1 aromatic heterocycles. The van der Waals surface area contributed by atoms with Crippen molar-refractivity contribution in [1.82, 2.24) is 19.9 Å². The molecule has 16 heteroatoms. The number of nitrogens with two attached hydrogens (primary N) is 1. The summed E-state index contributed by atoms with van der Waals surface area (Å²) < 4.78 is 13.8. The van der Waals surface area contributed by atoms with Gasteiger partial charge in [0, 0.05) is 17.7 Å². The third-order valence-corrected chi connectivity index (χ3v) is 12.5. The molecule has 0 saturated carbocycles. The molecule has 1 spiro atoms. The number of rotatable bonds is 8. The lowest BCUT2D eigenvalue weighted by Crippen LogP contribution is -2.55. The largest absolute Gasteiger partial charge is 0.508 e. The summed E-state index contributed by atoms with van der Waals surface area (Å²) in [6.07, 6.45) is -2.07. The summed E-state index contributed by atoms with van der Waals surface area (Å²) >= 11 is 0. The number of phenolic OH excluding ortho intramolecular Hbond substituents is 1. The number of hydrogen-bond donors (Lipinski definition) is 2. The summed E-state index contributed by atoms with van der Waals surface area (Å²) in [7, 11) is 0. The Kier molecular flexibility index (Phi) is 10.3. The van der Waals surface area contributed by atoms with Crippen LogP contribution in [0.3, 0.4) is 0 Å². The number of fused-ring (bicyclic) bond motifs is 4. The van der Waals surface area contributed by atoms with Crippen LogP contribution in [0.25, 0.3) is 11.0 Å². The summed E-state index contributed by atoms with van der Waals surface area (Å²) in [6, 6.07) is 38.5. The van der Waals surface area contributed by atoms with Crippen LogP contribution < -0.4 is 10.6 Å². The summed E-state index contributed by atoms with van der Waals surface area (Å²) in [6.45, 7) is -0.232. The number of non-ortho nitro benzene ring substituents is 1. The van der Waals surface area contributed by atoms with Gasteiger partial charge in [-0.15, -0.1) is 5.10 Å². The molecular formula is C50H37N7O9. The van der Waals surface area contributed by atoms with E-state index < -0.39 is 64.4 Å². The Labute approximate surface area is 375 Å². The van der Waals surface area contributed by atoms with Gasteiger partial charge in [0.05, 0.1) is 34.1 Å². The fraction of sp³-hybridized carbons (Fsp3) is 0.160. The van der Waals surface area contributed by atoms with Gasteiger partial charge in [-0.3, -0.25) is 29.4 Å². The van der Waals surface area contributed by atoms with E-state index in [9.17, 15) is 29.6 Å². The zero-order valence-electron chi connectivity index (χ0n) is 34.7. The molecule has 3 aliphatic heterocycles. The Balaban J connectivity index is 1.18. The maximum absolute atomic E-state index is 16.0. The number of amides is 3. The molecule has 0 unspecified atom stereocenters. The standard InChI is InChI=1S/C50H37N7O9/c51-46(59)41-43-47(60)66-44(33-13-5-2-6-14-33)42(32-11-3-1-4-12-32)56(43)45(34-20-24-36(58)25-21-34)50(41)37-28-30(10-9-27-54-40-16-8-7-15-38(40)52-53-54)19-26-39(37)55(48(50)61)49(62)65-29-31-17-22-35(23-18-31)57(63)64/h1-8,11-26,28,41-45,58H,27,29H2,(H2,51,59)/t41-,42-,43-,44+,45+,50-/m0/s1. The second-order valence-corrected chi connectivity index (χ2v) is 16.1. The van der Waals surface area contributed by atoms with Crippen molar-refractivity contribution in [3.8, 4) is 17.6 Å². The smallest absolute Gasteiger partial charge is 0.421 e. The van der Waals surface area contributed by atoms with Crippen LogP contribution in [0.5, 0.6) is 5.75 Å². The minimum absolute atomic E-state index is 0.0561. The van der Waals surface area contributed by atoms with Gasteiger partial charge >= 0.3 is 12.1 Å². The fourth-order valence-corrected chi connectivity index (χ4v) is 9.83. The molecule has 6 aromatic carbocycles. The number of aromatic hydroxyl groups is 1. The highest BCUT2D eigenvalue weighted by atomic mass is 16.6. The zero-order valence-corrected chi connectivity index (χ0v) is 34.7. The number of anilines is 1. The number of imide groups is 1. The normalized spacial score (nSPS) is 22.0. The first-order valence-corrected chi connectivity index (χ1v) is 20.9. The molecule has 3 N–H and O–H groups in total. The number of esters is 1. The van der Waals surface area contributed by atoms with Gasteiger partial charge in [-0.1, -0.05) is 102 Å². The number of ether oxygens (including phenoxy) is 2. The molecule has 7 aromatic rings. The van der Waals surface area contributed by atoms with Gasteiger partial charge in [-0.25, -0.2) is 14.4 Å². The highest BCUT2D eigenvalue weighted by Crippen LogP contribution is 2.65. The van der Waals surface area contributed by atoms with E-state index in [-0.39, 0.29) is 35.8 Å². The fourth-order valence-electron chi connectivity index (χ4n) is 9.83. The Hall–Kier alpha value is -8.68. The Bertz CT molecular complexity index is 3130. The molecule has 10 rings (SSSR count). The number of nitro groups is 1. The lowest BCUT2D eigenvalue weighted by molar-refractivity contribution is -0.384. The van der Waals surface area contributed by atoms with Gasteiger partial charge in [-0.2, -0.15) is 0 Å². The number of carbonyl (C=O) groups excluding carboxylic acids is 4. The minimum atomic E-state index is -2.13. The van der Waals surface area contributed by atoms with E-state index in [0.717, 1.165) is 10.4 Å². The van der Waals surface area contributed by atoms with Crippen LogP contribution in [-0.2, 0) is 42.4 Å². The van der Waals surface area contributed by atoms with E-state index in [2.05, 4.69) is 22.2 Å². The van der Waals surface area contributed by atoms with Crippen LogP contribution in [0.15, 0.2) is 152 Å². The lowest BCUT2D eigenvalue weighted by Gasteiger charge is -2.46. The van der Waals surface area contributed by atoms with Crippen molar-refractivity contribution in [1.29, 1.82) is 0 Å². The van der Waals surface area contributed by atoms with Gasteiger partial charge in [-0.05, 0) is 82.4 Å². The summed E-state index contributed by atoms with van der Waals surface area (Å²) in [5, 5.41) is 30.4. The SMILES string of the molecule is NC(=O)[C@@H]1[C@H]2C(=O)O[C@H](c3ccccc3)[C@H](c3ccccc3)N2[C@H](c2ccc(O)cc2)[C@@]12C(=O)N(C(=O)OCc1ccc([N+](=O)[O-])cc1)c1ccc(C#CCn3nnc4ccccc43)cc12. The molecule has 0 radical (unpaired) electrons. The number of nitrogens with zero attached hydrogens (tertiary/aromatic N) is 6. The molecule has 6 atom stereocenters. The van der Waals surface area contributed by atoms with Gasteiger partial charge in [0.15, 0.2) is 0 Å². The average Bonchev–Trinajstić information content (AvgIpc) is 3.98. The number of hydrogen-bond acceptors (Lipinski definition) is 12. The Morgan fingerprint density at radius 1 is 0.833 bits per heavy atom. The number of carbonyl (C=O) groups is 4. The second kappa shape index (κ2) is 16.5. The summed E-state index contributed by atoms with van der Waals surface area (Å²) in [4.78, 5) is 73.4. The van der Waals surface area contributed by atoms with Crippen molar-refractivity contribution >= 4 is 46.3 Å². The molecular weight excluding hydrogens is 843 g/mol. The Morgan fingerprint density at radius 3 is 2.21 bits per heavy atom. The summed E-state index contributed by atoms with van der Waals surface area (Å²) in [5.74, 6) is 1.81. The zero-order chi connectivity index (χ0) is 45.7. The van der Waals surface area contributed by atoms with Gasteiger partial charge < -0.3 is 20.3 Å². The molecule has 2 fully saturated rings. The van der Waals surface area contributed by atoms with Crippen LogP contribution >= 0.6 is 0 Å². The minimum Gasteiger partial charge on any atom is -0.508 e. The monoisotopic (exact) mass is 879 g/mol. The number of phenols is 1. The van der Waals surface area contributed by atoms with Crippen LogP contribution in [0, 0.1) is 27.9 Å². The van der Waals surface area contributed by atoms with E-state index in [1.165, 1.54) is 42.5 Å². The predicted molar refractivity (Wildman–Crippen MR) is 237 cm³/mol. The number of cyclic esters (lactones) is 1. The number of benzene rings is 6. The Morgan fingerprint density at radius 2 is 1.52 bits per heavy atom. The van der Waals surface area contributed by atoms with Crippen molar-refractivity contribution < 1.29 is 38.7 Å². The number of para-hydroxylation sites is 1. The number of aromatic nitrogens is 3. The third-order valence-electron chi connectivity index (χ3n) is 12.5. The van der Waals surface area contributed by atoms with Crippen molar-refractivity contribution in [3.05, 3.63) is 195 Å². The quantitative estimate of drug-likeness (QED) is 0.0717. The van der Waals surface area contributed by atoms with Crippen LogP contribution in [0.2, 0.25) is 0 Å². The van der Waals surface area contributed by atoms with Crippen LogP contribution in [-0.4, -0.2) is 59.8 Å². The first-order valence-electron chi connectivity index (χ1n) is 20.9. The van der Waals surface area contributed by atoms with Crippen LogP contribution in [0.4, 0.5) is 16.2 Å². The van der Waals surface area contributed by atoms with Crippen molar-refractivity contribution in [2.24, 2.45) is 11.7 Å². The molecule has 3 amide bonds. The van der Waals surface area contributed by atoms with Crippen LogP contribution in [0.1, 0.15) is 51.6 Å². The van der Waals surface area contributed by atoms with E-state index in [1.807, 2.05) is 89.8 Å². The molecule has 66 heavy (non-hydrogen) atoms. The van der Waals surface area contributed by atoms with E-state index >= 15 is 4.79 Å². The average molecular weight is 880 g/mol. The van der Waals surface area contributed by atoms with Gasteiger partial charge in [0.2, 0.25) is 11.8 Å². The topological polar surface area (TPSA) is 213 Å². The molecule has 326 valence electrons. The first kappa shape index (κ1) is 41.3. The number of morpholine rings is 1. The van der Waals surface area contributed by atoms with Crippen molar-refractivity contribution in [2.45, 2.75) is 42.8 Å². The highest BCUT2D eigenvalue weighted by Gasteiger charge is 2.75. The summed E-state index contributed by atoms with van der Waals surface area (Å²) in [5.41, 5.74) is 8.39. The first-order chi connectivity index (χ1) is 32.1. The van der Waals surface area contributed by atoms with Gasteiger partial charge in [0.1, 0.15) is 42.0 Å². The molecule has 4 heterocycles. The molecule has 3 aliphatic rings. The maximum Gasteiger partial charge on any atom is 0.421 e. The molecule has 0 bridgehead atoms. The third kappa shape index (κ3) is 6.77. The number of primary amides is 1. The van der Waals surface area contributed by atoms with Crippen molar-refractivity contribution in [2.75, 3.05) is 4.90 Å². The molecule has 0 aliphatic carbocycles. The highest BCUT2D eigenvalue weighted by molar-refractivity contribution is 6.23. The van der Waals surface area contributed by atoms with E-state index in [0.29, 0.717) is 33.3 Å². The number of nitro benzene ring substituents is 1. The van der Waals surface area contributed by atoms with E-state index in [1.54, 1.807) is 28.9 Å². The van der Waals surface area contributed by atoms with Crippen molar-refractivity contribution in [3.63, 3.8) is 0 Å². The molecule has 2 saturated heterocycles. The predicted octanol–water partition coefficient (Wildman–Crippen LogP) is 6.58.